The van der Waals surface area contributed by atoms with Crippen LogP contribution in [0, 0.1) is 12.7 Å². The van der Waals surface area contributed by atoms with Crippen LogP contribution in [-0.4, -0.2) is 54.9 Å². The summed E-state index contributed by atoms with van der Waals surface area (Å²) in [5, 5.41) is 10.7. The summed E-state index contributed by atoms with van der Waals surface area (Å²) >= 11 is 0. The van der Waals surface area contributed by atoms with Crippen LogP contribution in [0.25, 0.3) is 6.08 Å². The molecule has 1 aliphatic rings. The van der Waals surface area contributed by atoms with Gasteiger partial charge < -0.3 is 14.6 Å². The molecule has 3 atom stereocenters. The maximum Gasteiger partial charge on any atom is 0.309 e. The molecule has 0 aliphatic carbocycles. The first-order valence-electron chi connectivity index (χ1n) is 12.0. The van der Waals surface area contributed by atoms with Gasteiger partial charge in [-0.2, -0.15) is 0 Å². The number of esters is 1. The van der Waals surface area contributed by atoms with Gasteiger partial charge in [-0.15, -0.1) is 0 Å². The van der Waals surface area contributed by atoms with Crippen LogP contribution in [0.1, 0.15) is 54.5 Å². The minimum atomic E-state index is -0.611. The normalized spacial score (nSPS) is 18.3. The van der Waals surface area contributed by atoms with E-state index in [0.717, 1.165) is 42.5 Å². The molecular formula is C28H36FNO4. The van der Waals surface area contributed by atoms with Gasteiger partial charge >= 0.3 is 5.97 Å². The highest BCUT2D eigenvalue weighted by Crippen LogP contribution is 2.25. The van der Waals surface area contributed by atoms with Gasteiger partial charge in [0.15, 0.2) is 0 Å². The van der Waals surface area contributed by atoms with Crippen LogP contribution in [0.15, 0.2) is 48.5 Å². The van der Waals surface area contributed by atoms with Crippen LogP contribution in [-0.2, 0) is 20.7 Å². The predicted molar refractivity (Wildman–Crippen MR) is 132 cm³/mol. The van der Waals surface area contributed by atoms with Gasteiger partial charge in [-0.3, -0.25) is 9.69 Å². The van der Waals surface area contributed by atoms with Crippen molar-refractivity contribution in [2.24, 2.45) is 0 Å². The number of ether oxygens (including phenoxy) is 2. The Morgan fingerprint density at radius 3 is 2.85 bits per heavy atom. The number of aryl methyl sites for hydroxylation is 1. The summed E-state index contributed by atoms with van der Waals surface area (Å²) < 4.78 is 24.6. The first kappa shape index (κ1) is 26.1. The summed E-state index contributed by atoms with van der Waals surface area (Å²) in [7, 11) is 1.37. The molecule has 1 saturated heterocycles. The molecule has 3 rings (SSSR count). The molecular weight excluding hydrogens is 433 g/mol. The lowest BCUT2D eigenvalue weighted by atomic mass is 10.0. The van der Waals surface area contributed by atoms with E-state index in [0.29, 0.717) is 18.2 Å². The minimum Gasteiger partial charge on any atom is -0.469 e. The first-order valence-corrected chi connectivity index (χ1v) is 12.0. The van der Waals surface area contributed by atoms with Crippen LogP contribution in [0.4, 0.5) is 4.39 Å². The third kappa shape index (κ3) is 7.49. The molecule has 2 aromatic carbocycles. The van der Waals surface area contributed by atoms with Crippen molar-refractivity contribution in [3.05, 3.63) is 76.6 Å². The molecule has 0 aromatic heterocycles. The molecule has 34 heavy (non-hydrogen) atoms. The minimum absolute atomic E-state index is 0.162. The highest BCUT2D eigenvalue weighted by atomic mass is 19.1. The maximum atomic E-state index is 13.9. The summed E-state index contributed by atoms with van der Waals surface area (Å²) in [4.78, 5) is 13.6. The molecule has 0 amide bonds. The molecule has 1 aliphatic heterocycles. The molecule has 1 fully saturated rings. The second kappa shape index (κ2) is 12.8. The summed E-state index contributed by atoms with van der Waals surface area (Å²) in [6.07, 6.45) is 5.97. The van der Waals surface area contributed by atoms with E-state index in [2.05, 4.69) is 9.64 Å². The number of hydrogen-bond donors (Lipinski definition) is 1. The van der Waals surface area contributed by atoms with Gasteiger partial charge in [-0.25, -0.2) is 4.39 Å². The number of aliphatic hydroxyl groups is 1. The van der Waals surface area contributed by atoms with Crippen molar-refractivity contribution in [1.29, 1.82) is 0 Å². The number of carbonyl (C=O) groups is 1. The number of benzene rings is 2. The van der Waals surface area contributed by atoms with Crippen LogP contribution in [0.2, 0.25) is 0 Å². The maximum absolute atomic E-state index is 13.9. The summed E-state index contributed by atoms with van der Waals surface area (Å²) in [6.45, 7) is 5.43. The van der Waals surface area contributed by atoms with Crippen LogP contribution in [0.5, 0.6) is 0 Å². The van der Waals surface area contributed by atoms with Crippen molar-refractivity contribution in [2.45, 2.75) is 57.8 Å². The number of likely N-dealkylation sites (tertiary alicyclic amines) is 1. The fourth-order valence-electron chi connectivity index (χ4n) is 4.47. The van der Waals surface area contributed by atoms with Gasteiger partial charge in [0.05, 0.1) is 32.3 Å². The van der Waals surface area contributed by atoms with Crippen molar-refractivity contribution < 1.29 is 23.8 Å². The Hall–Kier alpha value is -2.54. The summed E-state index contributed by atoms with van der Waals surface area (Å²) in [6, 6.07) is 13.6. The number of carbonyl (C=O) groups excluding carboxylic acids is 1. The number of nitrogens with zero attached hydrogens (tertiary/aromatic N) is 1. The largest absolute Gasteiger partial charge is 0.469 e. The topological polar surface area (TPSA) is 59.0 Å². The summed E-state index contributed by atoms with van der Waals surface area (Å²) in [5.41, 5.74) is 3.63. The lowest BCUT2D eigenvalue weighted by molar-refractivity contribution is -0.139. The number of hydrogen-bond acceptors (Lipinski definition) is 5. The van der Waals surface area contributed by atoms with E-state index >= 15 is 0 Å². The second-order valence-corrected chi connectivity index (χ2v) is 9.02. The monoisotopic (exact) mass is 469 g/mol. The quantitative estimate of drug-likeness (QED) is 0.477. The van der Waals surface area contributed by atoms with Crippen molar-refractivity contribution in [3.63, 3.8) is 0 Å². The van der Waals surface area contributed by atoms with Gasteiger partial charge in [0, 0.05) is 12.6 Å². The Balaban J connectivity index is 1.52. The van der Waals surface area contributed by atoms with Gasteiger partial charge in [0.25, 0.3) is 0 Å². The van der Waals surface area contributed by atoms with Crippen molar-refractivity contribution >= 4 is 12.0 Å². The van der Waals surface area contributed by atoms with Gasteiger partial charge in [0.1, 0.15) is 5.82 Å². The Labute approximate surface area is 202 Å². The first-order chi connectivity index (χ1) is 16.4. The van der Waals surface area contributed by atoms with Crippen LogP contribution < -0.4 is 0 Å². The molecule has 5 nitrogen and oxygen atoms in total. The van der Waals surface area contributed by atoms with Gasteiger partial charge in [0.2, 0.25) is 0 Å². The standard InChI is InChI=1S/C28H36FNO4/c1-20-13-14-22(17-27(20)29)16-24-10-7-15-30(24)18-25(31)19-34-21(2)26-11-5-4-8-23(26)9-6-12-28(32)33-3/h4-6,8-9,11,13-14,17,21,24-25,31H,7,10,12,15-16,18-19H2,1-3H3/b9-6+/t21-,24+,25-/m1/s1. The second-order valence-electron chi connectivity index (χ2n) is 9.02. The molecule has 2 aromatic rings. The van der Waals surface area contributed by atoms with Gasteiger partial charge in [-0.1, -0.05) is 48.6 Å². The lowest BCUT2D eigenvalue weighted by Crippen LogP contribution is -2.39. The zero-order valence-electron chi connectivity index (χ0n) is 20.4. The van der Waals surface area contributed by atoms with Gasteiger partial charge in [-0.05, 0) is 68.0 Å². The lowest BCUT2D eigenvalue weighted by Gasteiger charge is -2.27. The third-order valence-electron chi connectivity index (χ3n) is 6.43. The van der Waals surface area contributed by atoms with Crippen molar-refractivity contribution in [3.8, 4) is 0 Å². The van der Waals surface area contributed by atoms with Crippen molar-refractivity contribution in [1.82, 2.24) is 4.90 Å². The third-order valence-corrected chi connectivity index (χ3v) is 6.43. The Morgan fingerprint density at radius 2 is 2.09 bits per heavy atom. The zero-order valence-corrected chi connectivity index (χ0v) is 20.4. The zero-order chi connectivity index (χ0) is 24.5. The van der Waals surface area contributed by atoms with E-state index in [1.54, 1.807) is 19.1 Å². The molecule has 1 heterocycles. The smallest absolute Gasteiger partial charge is 0.309 e. The van der Waals surface area contributed by atoms with Crippen molar-refractivity contribution in [2.75, 3.05) is 26.8 Å². The average molecular weight is 470 g/mol. The SMILES string of the molecule is COC(=O)C/C=C/c1ccccc1[C@@H](C)OC[C@H](O)CN1CCC[C@H]1Cc1ccc(C)c(F)c1. The molecule has 0 spiro atoms. The van der Waals surface area contributed by atoms with E-state index < -0.39 is 6.10 Å². The Kier molecular flexibility index (Phi) is 9.81. The summed E-state index contributed by atoms with van der Waals surface area (Å²) in [5.74, 6) is -0.446. The van der Waals surface area contributed by atoms with E-state index in [9.17, 15) is 14.3 Å². The van der Waals surface area contributed by atoms with E-state index in [-0.39, 0.29) is 30.9 Å². The Bertz CT molecular complexity index is 977. The predicted octanol–water partition coefficient (Wildman–Crippen LogP) is 4.86. The molecule has 0 saturated carbocycles. The highest BCUT2D eigenvalue weighted by Gasteiger charge is 2.27. The highest BCUT2D eigenvalue weighted by molar-refractivity contribution is 5.72. The fourth-order valence-corrected chi connectivity index (χ4v) is 4.47. The number of aliphatic hydroxyl groups excluding tert-OH is 1. The van der Waals surface area contributed by atoms with Crippen LogP contribution in [0.3, 0.4) is 0 Å². The van der Waals surface area contributed by atoms with E-state index in [1.165, 1.54) is 7.11 Å². The molecule has 184 valence electrons. The average Bonchev–Trinajstić information content (AvgIpc) is 3.26. The molecule has 0 unspecified atom stereocenters. The molecule has 0 bridgehead atoms. The number of methoxy groups -OCH3 is 1. The molecule has 0 radical (unpaired) electrons. The fraction of sp³-hybridized carbons (Fsp3) is 0.464. The molecule has 6 heteroatoms. The van der Waals surface area contributed by atoms with E-state index in [4.69, 9.17) is 4.74 Å². The molecule has 1 N–H and O–H groups in total. The Morgan fingerprint density at radius 1 is 1.29 bits per heavy atom. The van der Waals surface area contributed by atoms with E-state index in [1.807, 2.05) is 49.4 Å². The number of rotatable bonds is 11. The number of β-amino-alcohol motifs (C(OH)–C–C–N with tert-alkyl or cyclic N) is 1. The van der Waals surface area contributed by atoms with Crippen LogP contribution >= 0.6 is 0 Å². The number of halogens is 1.